The molecule has 2 aromatic rings. The average Bonchev–Trinajstić information content (AvgIpc) is 2.53. The van der Waals surface area contributed by atoms with Crippen LogP contribution >= 0.6 is 11.8 Å². The van der Waals surface area contributed by atoms with Gasteiger partial charge in [0.2, 0.25) is 0 Å². The van der Waals surface area contributed by atoms with Gasteiger partial charge < -0.3 is 10.1 Å². The van der Waals surface area contributed by atoms with Crippen LogP contribution in [0.1, 0.15) is 18.7 Å². The number of halogens is 1. The molecule has 1 aromatic carbocycles. The van der Waals surface area contributed by atoms with Gasteiger partial charge in [0.1, 0.15) is 11.6 Å². The van der Waals surface area contributed by atoms with Crippen LogP contribution in [0, 0.1) is 5.82 Å². The number of benzene rings is 1. The average molecular weight is 306 g/mol. The lowest BCUT2D eigenvalue weighted by Crippen LogP contribution is -2.24. The number of thioether (sulfide) groups is 1. The second kappa shape index (κ2) is 8.00. The molecule has 3 nitrogen and oxygen atoms in total. The quantitative estimate of drug-likeness (QED) is 0.791. The van der Waals surface area contributed by atoms with Gasteiger partial charge in [0.25, 0.3) is 0 Å². The van der Waals surface area contributed by atoms with Crippen molar-refractivity contribution in [1.29, 1.82) is 0 Å². The fourth-order valence-corrected chi connectivity index (χ4v) is 3.06. The number of rotatable bonds is 7. The summed E-state index contributed by atoms with van der Waals surface area (Å²) in [5.41, 5.74) is 0.852. The van der Waals surface area contributed by atoms with Crippen LogP contribution in [0.25, 0.3) is 0 Å². The van der Waals surface area contributed by atoms with Gasteiger partial charge in [-0.1, -0.05) is 19.1 Å². The highest BCUT2D eigenvalue weighted by Gasteiger charge is 2.17. The molecule has 0 aliphatic heterocycles. The van der Waals surface area contributed by atoms with Crippen LogP contribution in [-0.2, 0) is 0 Å². The molecule has 1 aromatic heterocycles. The Hall–Kier alpha value is -1.59. The van der Waals surface area contributed by atoms with Crippen molar-refractivity contribution < 1.29 is 9.13 Å². The monoisotopic (exact) mass is 306 g/mol. The maximum absolute atomic E-state index is 13.7. The van der Waals surface area contributed by atoms with Gasteiger partial charge in [0.05, 0.1) is 18.8 Å². The summed E-state index contributed by atoms with van der Waals surface area (Å²) in [4.78, 5) is 5.06. The molecule has 2 rings (SSSR count). The van der Waals surface area contributed by atoms with Gasteiger partial charge in [-0.05, 0) is 30.8 Å². The van der Waals surface area contributed by atoms with Gasteiger partial charge in [-0.25, -0.2) is 4.39 Å². The minimum absolute atomic E-state index is 0.00996. The Bertz CT molecular complexity index is 580. The zero-order chi connectivity index (χ0) is 15.1. The third-order valence-corrected chi connectivity index (χ3v) is 4.18. The molecule has 0 aliphatic rings. The maximum atomic E-state index is 13.7. The molecule has 1 unspecified atom stereocenters. The van der Waals surface area contributed by atoms with Crippen molar-refractivity contribution in [3.8, 4) is 5.75 Å². The largest absolute Gasteiger partial charge is 0.495 e. The molecule has 0 amide bonds. The first kappa shape index (κ1) is 15.8. The molecule has 1 N–H and O–H groups in total. The van der Waals surface area contributed by atoms with Crippen molar-refractivity contribution in [1.82, 2.24) is 10.3 Å². The molecule has 0 saturated carbocycles. The van der Waals surface area contributed by atoms with Crippen molar-refractivity contribution in [2.75, 3.05) is 19.4 Å². The van der Waals surface area contributed by atoms with Gasteiger partial charge in [-0.2, -0.15) is 0 Å². The highest BCUT2D eigenvalue weighted by atomic mass is 32.2. The lowest BCUT2D eigenvalue weighted by Gasteiger charge is -2.19. The Morgan fingerprint density at radius 3 is 2.81 bits per heavy atom. The van der Waals surface area contributed by atoms with E-state index in [-0.39, 0.29) is 11.9 Å². The SMILES string of the molecule is CCNC(CSc1ccccc1F)c1ncccc1OC. The van der Waals surface area contributed by atoms with Gasteiger partial charge >= 0.3 is 0 Å². The molecule has 0 saturated heterocycles. The fraction of sp³-hybridized carbons (Fsp3) is 0.312. The summed E-state index contributed by atoms with van der Waals surface area (Å²) >= 11 is 1.48. The normalized spacial score (nSPS) is 12.1. The van der Waals surface area contributed by atoms with E-state index < -0.39 is 0 Å². The number of hydrogen-bond acceptors (Lipinski definition) is 4. The maximum Gasteiger partial charge on any atom is 0.142 e. The summed E-state index contributed by atoms with van der Waals surface area (Å²) in [5, 5.41) is 3.38. The van der Waals surface area contributed by atoms with E-state index in [2.05, 4.69) is 10.3 Å². The molecule has 1 heterocycles. The fourth-order valence-electron chi connectivity index (χ4n) is 2.05. The molecular formula is C16H19FN2OS. The van der Waals surface area contributed by atoms with Crippen molar-refractivity contribution >= 4 is 11.8 Å². The van der Waals surface area contributed by atoms with E-state index in [1.165, 1.54) is 17.8 Å². The van der Waals surface area contributed by atoms with Crippen molar-refractivity contribution in [2.45, 2.75) is 17.9 Å². The van der Waals surface area contributed by atoms with E-state index in [9.17, 15) is 4.39 Å². The van der Waals surface area contributed by atoms with E-state index in [0.29, 0.717) is 10.6 Å². The molecule has 0 radical (unpaired) electrons. The second-order valence-corrected chi connectivity index (χ2v) is 5.50. The Kier molecular flexibility index (Phi) is 6.02. The van der Waals surface area contributed by atoms with Crippen LogP contribution in [0.15, 0.2) is 47.5 Å². The highest BCUT2D eigenvalue weighted by molar-refractivity contribution is 7.99. The zero-order valence-electron chi connectivity index (χ0n) is 12.2. The first-order chi connectivity index (χ1) is 10.3. The van der Waals surface area contributed by atoms with Crippen LogP contribution in [-0.4, -0.2) is 24.4 Å². The van der Waals surface area contributed by atoms with Gasteiger partial charge in [-0.15, -0.1) is 11.8 Å². The Morgan fingerprint density at radius 2 is 2.10 bits per heavy atom. The smallest absolute Gasteiger partial charge is 0.142 e. The lowest BCUT2D eigenvalue weighted by atomic mass is 10.2. The van der Waals surface area contributed by atoms with E-state index >= 15 is 0 Å². The van der Waals surface area contributed by atoms with Crippen LogP contribution in [0.3, 0.4) is 0 Å². The number of pyridine rings is 1. The Balaban J connectivity index is 2.14. The minimum Gasteiger partial charge on any atom is -0.495 e. The number of nitrogens with one attached hydrogen (secondary N) is 1. The van der Waals surface area contributed by atoms with Crippen LogP contribution in [0.5, 0.6) is 5.75 Å². The number of methoxy groups -OCH3 is 1. The molecule has 112 valence electrons. The summed E-state index contributed by atoms with van der Waals surface area (Å²) in [5.74, 6) is 1.24. The number of aromatic nitrogens is 1. The Morgan fingerprint density at radius 1 is 1.29 bits per heavy atom. The molecule has 1 atom stereocenters. The first-order valence-electron chi connectivity index (χ1n) is 6.85. The van der Waals surface area contributed by atoms with E-state index in [1.54, 1.807) is 25.4 Å². The third-order valence-electron chi connectivity index (χ3n) is 3.04. The molecule has 5 heteroatoms. The third kappa shape index (κ3) is 4.19. The lowest BCUT2D eigenvalue weighted by molar-refractivity contribution is 0.398. The minimum atomic E-state index is -0.189. The summed E-state index contributed by atoms with van der Waals surface area (Å²) in [6.45, 7) is 2.85. The molecular weight excluding hydrogens is 287 g/mol. The molecule has 0 bridgehead atoms. The molecule has 0 aliphatic carbocycles. The van der Waals surface area contributed by atoms with E-state index in [4.69, 9.17) is 4.74 Å². The number of hydrogen-bond donors (Lipinski definition) is 1. The van der Waals surface area contributed by atoms with E-state index in [1.807, 2.05) is 25.1 Å². The molecule has 21 heavy (non-hydrogen) atoms. The second-order valence-electron chi connectivity index (χ2n) is 4.44. The zero-order valence-corrected chi connectivity index (χ0v) is 13.0. The van der Waals surface area contributed by atoms with Crippen LogP contribution in [0.2, 0.25) is 0 Å². The van der Waals surface area contributed by atoms with Crippen LogP contribution in [0.4, 0.5) is 4.39 Å². The predicted molar refractivity (Wildman–Crippen MR) is 84.3 cm³/mol. The van der Waals surface area contributed by atoms with Crippen molar-refractivity contribution in [3.05, 3.63) is 54.1 Å². The first-order valence-corrected chi connectivity index (χ1v) is 7.84. The number of ether oxygens (including phenoxy) is 1. The topological polar surface area (TPSA) is 34.2 Å². The summed E-state index contributed by atoms with van der Waals surface area (Å²) in [6, 6.07) is 10.5. The van der Waals surface area contributed by atoms with E-state index in [0.717, 1.165) is 18.0 Å². The summed E-state index contributed by atoms with van der Waals surface area (Å²) in [7, 11) is 1.63. The van der Waals surface area contributed by atoms with Gasteiger partial charge in [0, 0.05) is 16.8 Å². The number of nitrogens with zero attached hydrogens (tertiary/aromatic N) is 1. The van der Waals surface area contributed by atoms with Crippen molar-refractivity contribution in [2.24, 2.45) is 0 Å². The summed E-state index contributed by atoms with van der Waals surface area (Å²) in [6.07, 6.45) is 1.75. The Labute approximate surface area is 128 Å². The van der Waals surface area contributed by atoms with Gasteiger partial charge in [0.15, 0.2) is 0 Å². The van der Waals surface area contributed by atoms with Gasteiger partial charge in [-0.3, -0.25) is 4.98 Å². The summed E-state index contributed by atoms with van der Waals surface area (Å²) < 4.78 is 19.1. The molecule has 0 fully saturated rings. The van der Waals surface area contributed by atoms with Crippen LogP contribution < -0.4 is 10.1 Å². The molecule has 0 spiro atoms. The van der Waals surface area contributed by atoms with Crippen molar-refractivity contribution in [3.63, 3.8) is 0 Å². The predicted octanol–water partition coefficient (Wildman–Crippen LogP) is 3.67. The standard InChI is InChI=1S/C16H19FN2OS/c1-3-18-13(16-14(20-2)8-6-10-19-16)11-21-15-9-5-4-7-12(15)17/h4-10,13,18H,3,11H2,1-2H3. The highest BCUT2D eigenvalue weighted by Crippen LogP contribution is 2.29.